The molecule has 0 aliphatic rings. The summed E-state index contributed by atoms with van der Waals surface area (Å²) < 4.78 is 6.14. The molecule has 2 aromatic heterocycles. The molecule has 0 aliphatic heterocycles. The molecule has 27 heavy (non-hydrogen) atoms. The molecule has 126 valence electrons. The van der Waals surface area contributed by atoms with Crippen molar-refractivity contribution < 1.29 is 4.42 Å². The minimum Gasteiger partial charge on any atom is -0.454 e. The molecule has 0 atom stereocenters. The Morgan fingerprint density at radius 3 is 2.04 bits per heavy atom. The molecule has 3 nitrogen and oxygen atoms in total. The zero-order chi connectivity index (χ0) is 18.2. The summed E-state index contributed by atoms with van der Waals surface area (Å²) in [6.45, 7) is 0. The van der Waals surface area contributed by atoms with Gasteiger partial charge in [0.25, 0.3) is 0 Å². The third kappa shape index (κ3) is 2.47. The first kappa shape index (κ1) is 15.4. The highest BCUT2D eigenvalue weighted by molar-refractivity contribution is 6.10. The summed E-state index contributed by atoms with van der Waals surface area (Å²) in [7, 11) is 0. The van der Waals surface area contributed by atoms with Crippen molar-refractivity contribution in [2.75, 3.05) is 0 Å². The van der Waals surface area contributed by atoms with Crippen LogP contribution in [0.4, 0.5) is 0 Å². The number of nitriles is 1. The van der Waals surface area contributed by atoms with E-state index in [9.17, 15) is 5.26 Å². The minimum atomic E-state index is 0.558. The summed E-state index contributed by atoms with van der Waals surface area (Å²) in [6, 6.07) is 26.4. The lowest BCUT2D eigenvalue weighted by Gasteiger charge is -2.05. The first-order chi connectivity index (χ1) is 13.3. The van der Waals surface area contributed by atoms with Crippen molar-refractivity contribution in [2.45, 2.75) is 0 Å². The number of para-hydroxylation sites is 2. The summed E-state index contributed by atoms with van der Waals surface area (Å²) in [5, 5.41) is 11.4. The Balaban J connectivity index is 1.68. The normalized spacial score (nSPS) is 10.9. The van der Waals surface area contributed by atoms with Gasteiger partial charge in [-0.3, -0.25) is 4.98 Å². The van der Waals surface area contributed by atoms with E-state index in [2.05, 4.69) is 41.4 Å². The fourth-order valence-corrected chi connectivity index (χ4v) is 3.52. The Morgan fingerprint density at radius 2 is 1.30 bits per heavy atom. The second-order valence-electron chi connectivity index (χ2n) is 6.39. The third-order valence-electron chi connectivity index (χ3n) is 4.85. The maximum absolute atomic E-state index is 9.37. The summed E-state index contributed by atoms with van der Waals surface area (Å²) >= 11 is 0. The molecule has 2 heterocycles. The highest BCUT2D eigenvalue weighted by Crippen LogP contribution is 2.37. The zero-order valence-electron chi connectivity index (χ0n) is 14.4. The molecule has 0 amide bonds. The van der Waals surface area contributed by atoms with Gasteiger partial charge in [0.05, 0.1) is 5.56 Å². The highest BCUT2D eigenvalue weighted by atomic mass is 16.3. The molecule has 0 bridgehead atoms. The smallest absolute Gasteiger partial charge is 0.153 e. The maximum atomic E-state index is 9.37. The SMILES string of the molecule is N#Cc1cccc2c1oc1c(-c3ccc(-c4ccncc4)cc3)cccc12. The molecular formula is C24H14N2O. The molecule has 3 heteroatoms. The summed E-state index contributed by atoms with van der Waals surface area (Å²) in [5.41, 5.74) is 6.40. The molecule has 0 aliphatic carbocycles. The van der Waals surface area contributed by atoms with Gasteiger partial charge in [-0.15, -0.1) is 0 Å². The van der Waals surface area contributed by atoms with Gasteiger partial charge in [-0.25, -0.2) is 0 Å². The average Bonchev–Trinajstić information content (AvgIpc) is 3.13. The van der Waals surface area contributed by atoms with Crippen molar-refractivity contribution in [3.8, 4) is 28.3 Å². The van der Waals surface area contributed by atoms with E-state index in [1.54, 1.807) is 18.5 Å². The van der Waals surface area contributed by atoms with Gasteiger partial charge in [0.2, 0.25) is 0 Å². The Bertz CT molecular complexity index is 1310. The van der Waals surface area contributed by atoms with Crippen molar-refractivity contribution >= 4 is 21.9 Å². The van der Waals surface area contributed by atoms with Crippen LogP contribution in [0.25, 0.3) is 44.2 Å². The molecule has 0 unspecified atom stereocenters. The number of hydrogen-bond acceptors (Lipinski definition) is 3. The number of hydrogen-bond donors (Lipinski definition) is 0. The summed E-state index contributed by atoms with van der Waals surface area (Å²) in [6.07, 6.45) is 3.59. The Hall–Kier alpha value is -3.90. The summed E-state index contributed by atoms with van der Waals surface area (Å²) in [4.78, 5) is 4.07. The van der Waals surface area contributed by atoms with Crippen LogP contribution in [0.2, 0.25) is 0 Å². The number of fused-ring (bicyclic) bond motifs is 3. The number of furan rings is 1. The molecule has 0 spiro atoms. The van der Waals surface area contributed by atoms with E-state index in [-0.39, 0.29) is 0 Å². The predicted molar refractivity (Wildman–Crippen MR) is 107 cm³/mol. The van der Waals surface area contributed by atoms with Crippen molar-refractivity contribution in [2.24, 2.45) is 0 Å². The molecular weight excluding hydrogens is 332 g/mol. The molecule has 0 radical (unpaired) electrons. The Morgan fingerprint density at radius 1 is 0.667 bits per heavy atom. The fourth-order valence-electron chi connectivity index (χ4n) is 3.52. The Labute approximate surface area is 156 Å². The van der Waals surface area contributed by atoms with Gasteiger partial charge in [-0.1, -0.05) is 54.6 Å². The topological polar surface area (TPSA) is 49.8 Å². The average molecular weight is 346 g/mol. The van der Waals surface area contributed by atoms with Gasteiger partial charge in [0, 0.05) is 28.7 Å². The van der Waals surface area contributed by atoms with Gasteiger partial charge in [0.1, 0.15) is 11.7 Å². The quantitative estimate of drug-likeness (QED) is 0.383. The van der Waals surface area contributed by atoms with E-state index >= 15 is 0 Å². The first-order valence-electron chi connectivity index (χ1n) is 8.70. The monoisotopic (exact) mass is 346 g/mol. The molecule has 3 aromatic carbocycles. The second-order valence-corrected chi connectivity index (χ2v) is 6.39. The Kier molecular flexibility index (Phi) is 3.48. The molecule has 0 saturated heterocycles. The van der Waals surface area contributed by atoms with E-state index in [0.29, 0.717) is 11.1 Å². The van der Waals surface area contributed by atoms with Gasteiger partial charge in [0.15, 0.2) is 5.58 Å². The van der Waals surface area contributed by atoms with Gasteiger partial charge in [-0.05, 0) is 34.9 Å². The lowest BCUT2D eigenvalue weighted by Crippen LogP contribution is -1.81. The predicted octanol–water partition coefficient (Wildman–Crippen LogP) is 6.19. The third-order valence-corrected chi connectivity index (χ3v) is 4.85. The number of nitrogens with zero attached hydrogens (tertiary/aromatic N) is 2. The van der Waals surface area contributed by atoms with Crippen molar-refractivity contribution in [3.63, 3.8) is 0 Å². The molecule has 0 saturated carbocycles. The highest BCUT2D eigenvalue weighted by Gasteiger charge is 2.14. The number of pyridine rings is 1. The van der Waals surface area contributed by atoms with Crippen LogP contribution in [0, 0.1) is 11.3 Å². The standard InChI is InChI=1S/C24H14N2O/c25-15-19-3-1-5-21-22-6-2-4-20(24(22)27-23(19)21)18-9-7-16(8-10-18)17-11-13-26-14-12-17/h1-14H. The maximum Gasteiger partial charge on any atom is 0.153 e. The van der Waals surface area contributed by atoms with E-state index in [1.165, 1.54) is 0 Å². The van der Waals surface area contributed by atoms with Crippen LogP contribution in [0.15, 0.2) is 89.6 Å². The lowest BCUT2D eigenvalue weighted by molar-refractivity contribution is 0.668. The van der Waals surface area contributed by atoms with Crippen LogP contribution in [0.1, 0.15) is 5.56 Å². The molecule has 0 fully saturated rings. The van der Waals surface area contributed by atoms with Crippen molar-refractivity contribution in [1.82, 2.24) is 4.98 Å². The number of rotatable bonds is 2. The minimum absolute atomic E-state index is 0.558. The largest absolute Gasteiger partial charge is 0.454 e. The first-order valence-corrected chi connectivity index (χ1v) is 8.70. The molecule has 5 aromatic rings. The van der Waals surface area contributed by atoms with Gasteiger partial charge >= 0.3 is 0 Å². The number of aromatic nitrogens is 1. The number of benzene rings is 3. The molecule has 0 N–H and O–H groups in total. The van der Waals surface area contributed by atoms with Gasteiger partial charge in [-0.2, -0.15) is 5.26 Å². The fraction of sp³-hybridized carbons (Fsp3) is 0. The van der Waals surface area contributed by atoms with Crippen LogP contribution in [-0.2, 0) is 0 Å². The van der Waals surface area contributed by atoms with Gasteiger partial charge < -0.3 is 4.42 Å². The van der Waals surface area contributed by atoms with Crippen LogP contribution in [-0.4, -0.2) is 4.98 Å². The van der Waals surface area contributed by atoms with Crippen LogP contribution < -0.4 is 0 Å². The van der Waals surface area contributed by atoms with Crippen LogP contribution in [0.3, 0.4) is 0 Å². The van der Waals surface area contributed by atoms with Crippen molar-refractivity contribution in [1.29, 1.82) is 5.26 Å². The molecule has 5 rings (SSSR count). The van der Waals surface area contributed by atoms with E-state index in [1.807, 2.05) is 36.4 Å². The lowest BCUT2D eigenvalue weighted by atomic mass is 9.99. The van der Waals surface area contributed by atoms with E-state index < -0.39 is 0 Å². The summed E-state index contributed by atoms with van der Waals surface area (Å²) in [5.74, 6) is 0. The van der Waals surface area contributed by atoms with Crippen LogP contribution in [0.5, 0.6) is 0 Å². The second kappa shape index (κ2) is 6.12. The van der Waals surface area contributed by atoms with E-state index in [4.69, 9.17) is 4.42 Å². The van der Waals surface area contributed by atoms with Crippen molar-refractivity contribution in [3.05, 3.63) is 90.8 Å². The van der Waals surface area contributed by atoms with Crippen LogP contribution >= 0.6 is 0 Å². The van der Waals surface area contributed by atoms with E-state index in [0.717, 1.165) is 38.6 Å². The zero-order valence-corrected chi connectivity index (χ0v) is 14.4.